The van der Waals surface area contributed by atoms with Crippen LogP contribution < -0.4 is 4.74 Å². The van der Waals surface area contributed by atoms with E-state index in [4.69, 9.17) is 0 Å². The van der Waals surface area contributed by atoms with E-state index in [1.807, 2.05) is 37.3 Å². The predicted molar refractivity (Wildman–Crippen MR) is 97.2 cm³/mol. The second-order valence-corrected chi connectivity index (χ2v) is 6.07. The zero-order chi connectivity index (χ0) is 19.4. The van der Waals surface area contributed by atoms with Crippen LogP contribution in [0.25, 0.3) is 5.69 Å². The number of halogens is 2. The summed E-state index contributed by atoms with van der Waals surface area (Å²) < 4.78 is 30.5. The maximum absolute atomic E-state index is 12.8. The lowest BCUT2D eigenvalue weighted by Crippen LogP contribution is -2.26. The number of amides is 1. The van der Waals surface area contributed by atoms with E-state index in [-0.39, 0.29) is 11.7 Å². The van der Waals surface area contributed by atoms with Crippen molar-refractivity contribution in [2.45, 2.75) is 20.1 Å². The molecule has 1 amide bonds. The third-order valence-corrected chi connectivity index (χ3v) is 4.16. The number of ether oxygens (including phenoxy) is 1. The summed E-state index contributed by atoms with van der Waals surface area (Å²) in [5, 5.41) is 4.32. The van der Waals surface area contributed by atoms with Gasteiger partial charge in [0.05, 0.1) is 23.1 Å². The molecule has 0 N–H and O–H groups in total. The number of hydrogen-bond acceptors (Lipinski definition) is 3. The molecule has 3 aromatic rings. The summed E-state index contributed by atoms with van der Waals surface area (Å²) in [6.07, 6.45) is 1.56. The van der Waals surface area contributed by atoms with Crippen molar-refractivity contribution in [3.05, 3.63) is 77.6 Å². The topological polar surface area (TPSA) is 47.4 Å². The average molecular weight is 371 g/mol. The van der Waals surface area contributed by atoms with Crippen molar-refractivity contribution < 1.29 is 18.3 Å². The van der Waals surface area contributed by atoms with E-state index in [0.717, 1.165) is 16.9 Å². The molecule has 0 aliphatic rings. The van der Waals surface area contributed by atoms with Crippen LogP contribution in [0.5, 0.6) is 5.75 Å². The largest absolute Gasteiger partial charge is 0.435 e. The summed E-state index contributed by atoms with van der Waals surface area (Å²) >= 11 is 0. The first-order chi connectivity index (χ1) is 13.0. The fourth-order valence-corrected chi connectivity index (χ4v) is 2.78. The fraction of sp³-hybridized carbons (Fsp3) is 0.200. The van der Waals surface area contributed by atoms with E-state index in [1.54, 1.807) is 35.0 Å². The zero-order valence-electron chi connectivity index (χ0n) is 15.0. The van der Waals surface area contributed by atoms with Gasteiger partial charge in [0.15, 0.2) is 0 Å². The van der Waals surface area contributed by atoms with Gasteiger partial charge in [-0.1, -0.05) is 30.3 Å². The molecule has 140 valence electrons. The molecule has 1 aromatic heterocycles. The van der Waals surface area contributed by atoms with Gasteiger partial charge in [0.25, 0.3) is 5.91 Å². The zero-order valence-corrected chi connectivity index (χ0v) is 15.0. The minimum Gasteiger partial charge on any atom is -0.435 e. The van der Waals surface area contributed by atoms with Gasteiger partial charge in [-0.25, -0.2) is 4.68 Å². The highest BCUT2D eigenvalue weighted by molar-refractivity contribution is 5.95. The van der Waals surface area contributed by atoms with Crippen molar-refractivity contribution in [3.8, 4) is 11.4 Å². The summed E-state index contributed by atoms with van der Waals surface area (Å²) in [5.74, 6) is -0.0784. The minimum absolute atomic E-state index is 0.0858. The summed E-state index contributed by atoms with van der Waals surface area (Å²) in [7, 11) is 1.69. The molecule has 7 heteroatoms. The summed E-state index contributed by atoms with van der Waals surface area (Å²) in [6, 6.07) is 15.8. The number of alkyl halides is 2. The Morgan fingerprint density at radius 3 is 2.44 bits per heavy atom. The standard InChI is InChI=1S/C20H19F2N3O2/c1-14-18(12-23-25(14)16-6-4-3-5-7-16)19(26)24(2)13-15-8-10-17(11-9-15)27-20(21)22/h3-12,20H,13H2,1-2H3. The Kier molecular flexibility index (Phi) is 5.49. The minimum atomic E-state index is -2.86. The molecule has 0 aliphatic heterocycles. The molecular weight excluding hydrogens is 352 g/mol. The van der Waals surface area contributed by atoms with Crippen LogP contribution in [-0.4, -0.2) is 34.2 Å². The SMILES string of the molecule is Cc1c(C(=O)N(C)Cc2ccc(OC(F)F)cc2)cnn1-c1ccccc1. The molecule has 0 fully saturated rings. The van der Waals surface area contributed by atoms with Crippen molar-refractivity contribution in [2.24, 2.45) is 0 Å². The second-order valence-electron chi connectivity index (χ2n) is 6.07. The molecule has 3 rings (SSSR count). The first kappa shape index (κ1) is 18.6. The lowest BCUT2D eigenvalue weighted by molar-refractivity contribution is -0.0498. The predicted octanol–water partition coefficient (Wildman–Crippen LogP) is 4.05. The summed E-state index contributed by atoms with van der Waals surface area (Å²) in [5.41, 5.74) is 2.95. The number of carbonyl (C=O) groups is 1. The summed E-state index contributed by atoms with van der Waals surface area (Å²) in [6.45, 7) is -0.675. The van der Waals surface area contributed by atoms with Gasteiger partial charge >= 0.3 is 6.61 Å². The van der Waals surface area contributed by atoms with E-state index in [1.165, 1.54) is 12.1 Å². The van der Waals surface area contributed by atoms with Crippen molar-refractivity contribution in [1.29, 1.82) is 0 Å². The Hall–Kier alpha value is -3.22. The summed E-state index contributed by atoms with van der Waals surface area (Å²) in [4.78, 5) is 14.3. The van der Waals surface area contributed by atoms with Crippen LogP contribution in [0.3, 0.4) is 0 Å². The Morgan fingerprint density at radius 1 is 1.15 bits per heavy atom. The molecule has 0 bridgehead atoms. The Morgan fingerprint density at radius 2 is 1.81 bits per heavy atom. The van der Waals surface area contributed by atoms with Crippen LogP contribution in [0.2, 0.25) is 0 Å². The van der Waals surface area contributed by atoms with Gasteiger partial charge in [0, 0.05) is 13.6 Å². The molecule has 0 saturated carbocycles. The number of nitrogens with zero attached hydrogens (tertiary/aromatic N) is 3. The highest BCUT2D eigenvalue weighted by atomic mass is 19.3. The van der Waals surface area contributed by atoms with Crippen molar-refractivity contribution >= 4 is 5.91 Å². The fourth-order valence-electron chi connectivity index (χ4n) is 2.78. The van der Waals surface area contributed by atoms with Crippen LogP contribution >= 0.6 is 0 Å². The highest BCUT2D eigenvalue weighted by Crippen LogP contribution is 2.18. The highest BCUT2D eigenvalue weighted by Gasteiger charge is 2.19. The van der Waals surface area contributed by atoms with Crippen LogP contribution in [0, 0.1) is 6.92 Å². The Balaban J connectivity index is 1.71. The van der Waals surface area contributed by atoms with E-state index in [0.29, 0.717) is 12.1 Å². The number of rotatable bonds is 6. The normalized spacial score (nSPS) is 10.9. The maximum atomic E-state index is 12.8. The smallest absolute Gasteiger partial charge is 0.387 e. The van der Waals surface area contributed by atoms with Crippen molar-refractivity contribution in [2.75, 3.05) is 7.05 Å². The molecule has 0 spiro atoms. The molecule has 27 heavy (non-hydrogen) atoms. The second kappa shape index (κ2) is 7.99. The number of para-hydroxylation sites is 1. The number of carbonyl (C=O) groups excluding carboxylic acids is 1. The van der Waals surface area contributed by atoms with E-state index >= 15 is 0 Å². The van der Waals surface area contributed by atoms with Gasteiger partial charge in [-0.15, -0.1) is 0 Å². The maximum Gasteiger partial charge on any atom is 0.387 e. The molecule has 5 nitrogen and oxygen atoms in total. The van der Waals surface area contributed by atoms with Crippen LogP contribution in [0.4, 0.5) is 8.78 Å². The van der Waals surface area contributed by atoms with Crippen LogP contribution in [0.15, 0.2) is 60.8 Å². The molecule has 0 aliphatic carbocycles. The van der Waals surface area contributed by atoms with Crippen LogP contribution in [0.1, 0.15) is 21.6 Å². The Bertz CT molecular complexity index is 909. The van der Waals surface area contributed by atoms with Gasteiger partial charge < -0.3 is 9.64 Å². The number of aromatic nitrogens is 2. The van der Waals surface area contributed by atoms with Gasteiger partial charge in [-0.2, -0.15) is 13.9 Å². The van der Waals surface area contributed by atoms with Gasteiger partial charge in [0.2, 0.25) is 0 Å². The average Bonchev–Trinajstić information content (AvgIpc) is 3.04. The first-order valence-electron chi connectivity index (χ1n) is 8.35. The van der Waals surface area contributed by atoms with Gasteiger partial charge in [-0.05, 0) is 36.8 Å². The third-order valence-electron chi connectivity index (χ3n) is 4.16. The van der Waals surface area contributed by atoms with E-state index < -0.39 is 6.61 Å². The Labute approximate surface area is 155 Å². The first-order valence-corrected chi connectivity index (χ1v) is 8.35. The van der Waals surface area contributed by atoms with Crippen LogP contribution in [-0.2, 0) is 6.54 Å². The van der Waals surface area contributed by atoms with E-state index in [2.05, 4.69) is 9.84 Å². The quantitative estimate of drug-likeness (QED) is 0.657. The van der Waals surface area contributed by atoms with Crippen molar-refractivity contribution in [1.82, 2.24) is 14.7 Å². The molecule has 0 saturated heterocycles. The lowest BCUT2D eigenvalue weighted by Gasteiger charge is -2.17. The molecule has 0 unspecified atom stereocenters. The molecular formula is C20H19F2N3O2. The third kappa shape index (κ3) is 4.31. The number of hydrogen-bond donors (Lipinski definition) is 0. The molecule has 2 aromatic carbocycles. The van der Waals surface area contributed by atoms with Crippen molar-refractivity contribution in [3.63, 3.8) is 0 Å². The molecule has 0 atom stereocenters. The molecule has 0 radical (unpaired) electrons. The van der Waals surface area contributed by atoms with Gasteiger partial charge in [0.1, 0.15) is 5.75 Å². The monoisotopic (exact) mass is 371 g/mol. The van der Waals surface area contributed by atoms with Gasteiger partial charge in [-0.3, -0.25) is 4.79 Å². The van der Waals surface area contributed by atoms with E-state index in [9.17, 15) is 13.6 Å². The number of benzene rings is 2. The molecule has 1 heterocycles. The lowest BCUT2D eigenvalue weighted by atomic mass is 10.2.